The number of β-amino-alcohol motifs (C(OH)–C–C–N with tert-alkyl or cyclic N) is 1. The summed E-state index contributed by atoms with van der Waals surface area (Å²) in [4.78, 5) is 22.3. The number of benzene rings is 1. The van der Waals surface area contributed by atoms with Crippen molar-refractivity contribution < 1.29 is 9.90 Å². The normalized spacial score (nSPS) is 21.7. The topological polar surface area (TPSA) is 65.5 Å². The van der Waals surface area contributed by atoms with Crippen molar-refractivity contribution in [3.63, 3.8) is 0 Å². The Morgan fingerprint density at radius 3 is 2.74 bits per heavy atom. The van der Waals surface area contributed by atoms with Gasteiger partial charge in [0.1, 0.15) is 4.83 Å². The van der Waals surface area contributed by atoms with Crippen LogP contribution >= 0.6 is 11.3 Å². The first-order valence-corrected chi connectivity index (χ1v) is 13.8. The van der Waals surface area contributed by atoms with Gasteiger partial charge in [0.25, 0.3) is 5.91 Å². The van der Waals surface area contributed by atoms with E-state index in [4.69, 9.17) is 4.98 Å². The monoisotopic (exact) mass is 491 g/mol. The Bertz CT molecular complexity index is 1180. The van der Waals surface area contributed by atoms with Crippen molar-refractivity contribution in [2.45, 2.75) is 65.0 Å². The Hall–Kier alpha value is -2.28. The summed E-state index contributed by atoms with van der Waals surface area (Å²) in [7, 11) is 0. The van der Waals surface area contributed by atoms with E-state index >= 15 is 0 Å². The molecule has 2 N–H and O–H groups in total. The largest absolute Gasteiger partial charge is 0.392 e. The Balaban J connectivity index is 1.33. The molecule has 1 fully saturated rings. The highest BCUT2D eigenvalue weighted by Gasteiger charge is 2.30. The second-order valence-corrected chi connectivity index (χ2v) is 12.4. The lowest BCUT2D eigenvalue weighted by Gasteiger charge is -2.34. The fourth-order valence-corrected chi connectivity index (χ4v) is 6.48. The first-order valence-electron chi connectivity index (χ1n) is 12.9. The van der Waals surface area contributed by atoms with Gasteiger partial charge in [-0.3, -0.25) is 4.79 Å². The van der Waals surface area contributed by atoms with Gasteiger partial charge in [0.05, 0.1) is 17.0 Å². The highest BCUT2D eigenvalue weighted by molar-refractivity contribution is 7.20. The summed E-state index contributed by atoms with van der Waals surface area (Å²) in [5.41, 5.74) is 3.97. The number of fused-ring (bicyclic) bond motifs is 2. The lowest BCUT2D eigenvalue weighted by Crippen LogP contribution is -2.32. The van der Waals surface area contributed by atoms with Crippen LogP contribution in [-0.2, 0) is 12.8 Å². The number of hydrogen-bond donors (Lipinski definition) is 2. The number of likely N-dealkylation sites (tertiary alicyclic amines) is 1. The molecule has 3 heterocycles. The van der Waals surface area contributed by atoms with Crippen LogP contribution in [0.4, 0.5) is 0 Å². The second kappa shape index (κ2) is 10.00. The Kier molecular flexibility index (Phi) is 6.97. The number of amides is 1. The number of aliphatic hydroxyl groups excluding tert-OH is 1. The van der Waals surface area contributed by atoms with Gasteiger partial charge in [-0.2, -0.15) is 0 Å². The van der Waals surface area contributed by atoms with Gasteiger partial charge >= 0.3 is 0 Å². The number of nitrogens with zero attached hydrogens (tertiary/aromatic N) is 2. The van der Waals surface area contributed by atoms with Crippen molar-refractivity contribution in [2.75, 3.05) is 19.6 Å². The molecule has 1 aliphatic heterocycles. The van der Waals surface area contributed by atoms with Crippen molar-refractivity contribution >= 4 is 27.5 Å². The average molecular weight is 492 g/mol. The summed E-state index contributed by atoms with van der Waals surface area (Å²) in [6.45, 7) is 9.48. The van der Waals surface area contributed by atoms with Crippen LogP contribution in [0.2, 0.25) is 0 Å². The summed E-state index contributed by atoms with van der Waals surface area (Å²) in [6.07, 6.45) is 4.69. The number of rotatable bonds is 6. The molecular weight excluding hydrogens is 454 g/mol. The maximum atomic E-state index is 13.4. The van der Waals surface area contributed by atoms with Crippen LogP contribution in [0.15, 0.2) is 42.5 Å². The molecular formula is C29H37N3O2S. The van der Waals surface area contributed by atoms with Crippen LogP contribution in [0.5, 0.6) is 0 Å². The fraction of sp³-hybridized carbons (Fsp3) is 0.517. The molecule has 1 aliphatic carbocycles. The molecule has 6 heteroatoms. The minimum Gasteiger partial charge on any atom is -0.392 e. The number of thiophene rings is 1. The predicted molar refractivity (Wildman–Crippen MR) is 143 cm³/mol. The molecule has 3 atom stereocenters. The summed E-state index contributed by atoms with van der Waals surface area (Å²) < 4.78 is 0. The predicted octanol–water partition coefficient (Wildman–Crippen LogP) is 5.38. The number of carbonyl (C=O) groups excluding carboxylic acids is 1. The molecule has 2 unspecified atom stereocenters. The average Bonchev–Trinajstić information content (AvgIpc) is 3.45. The second-order valence-electron chi connectivity index (χ2n) is 11.4. The first kappa shape index (κ1) is 24.4. The van der Waals surface area contributed by atoms with E-state index in [1.807, 2.05) is 24.3 Å². The van der Waals surface area contributed by atoms with Crippen LogP contribution in [0.1, 0.15) is 72.6 Å². The number of hydrogen-bond acceptors (Lipinski definition) is 5. The molecule has 186 valence electrons. The summed E-state index contributed by atoms with van der Waals surface area (Å²) in [5, 5.41) is 14.2. The lowest BCUT2D eigenvalue weighted by molar-refractivity contribution is 0.0935. The Morgan fingerprint density at radius 1 is 1.23 bits per heavy atom. The molecule has 2 aliphatic rings. The Labute approximate surface area is 212 Å². The number of nitrogens with one attached hydrogen (secondary N) is 1. The van der Waals surface area contributed by atoms with Crippen molar-refractivity contribution in [3.8, 4) is 0 Å². The van der Waals surface area contributed by atoms with E-state index in [2.05, 4.69) is 49.2 Å². The van der Waals surface area contributed by atoms with Gasteiger partial charge in [0, 0.05) is 30.7 Å². The first-order chi connectivity index (χ1) is 16.8. The molecule has 0 spiro atoms. The van der Waals surface area contributed by atoms with E-state index in [1.54, 1.807) is 0 Å². The minimum absolute atomic E-state index is 0.0335. The van der Waals surface area contributed by atoms with E-state index in [0.29, 0.717) is 11.3 Å². The van der Waals surface area contributed by atoms with E-state index < -0.39 is 0 Å². The number of aryl methyl sites for hydroxylation is 1. The molecule has 0 radical (unpaired) electrons. The highest BCUT2D eigenvalue weighted by atomic mass is 32.1. The molecule has 1 amide bonds. The van der Waals surface area contributed by atoms with Gasteiger partial charge in [-0.05, 0) is 66.7 Å². The molecule has 5 nitrogen and oxygen atoms in total. The number of aliphatic hydroxyl groups is 1. The maximum Gasteiger partial charge on any atom is 0.261 e. The van der Waals surface area contributed by atoms with Gasteiger partial charge in [0.15, 0.2) is 0 Å². The number of carbonyl (C=O) groups is 1. The number of pyridine rings is 1. The number of aromatic nitrogens is 1. The van der Waals surface area contributed by atoms with Crippen molar-refractivity contribution in [1.82, 2.24) is 15.2 Å². The zero-order valence-electron chi connectivity index (χ0n) is 21.1. The smallest absolute Gasteiger partial charge is 0.261 e. The van der Waals surface area contributed by atoms with Crippen LogP contribution in [-0.4, -0.2) is 46.6 Å². The molecule has 3 aromatic rings. The maximum absolute atomic E-state index is 13.4. The molecule has 1 aromatic carbocycles. The molecule has 2 aromatic heterocycles. The third-order valence-corrected chi connectivity index (χ3v) is 8.85. The van der Waals surface area contributed by atoms with E-state index in [-0.39, 0.29) is 18.1 Å². The summed E-state index contributed by atoms with van der Waals surface area (Å²) in [6, 6.07) is 14.4. The van der Waals surface area contributed by atoms with Gasteiger partial charge in [-0.1, -0.05) is 51.1 Å². The standard InChI is InChI=1S/C29H37N3O2S/c1-29(2,3)22-9-10-24-20(16-22)15-21-17-26(35-28(21)31-24)27(34)30-25(19-7-5-4-6-8-19)12-14-32-13-11-23(33)18-32/h4-8,15,17,22-23,25,33H,9-14,16,18H2,1-3H3,(H,30,34)/t22-,23?,25?/m0/s1. The summed E-state index contributed by atoms with van der Waals surface area (Å²) >= 11 is 1.50. The van der Waals surface area contributed by atoms with Crippen molar-refractivity contribution in [3.05, 3.63) is 64.2 Å². The quantitative estimate of drug-likeness (QED) is 0.486. The van der Waals surface area contributed by atoms with Crippen LogP contribution in [0.3, 0.4) is 0 Å². The molecule has 0 saturated carbocycles. The molecule has 1 saturated heterocycles. The lowest BCUT2D eigenvalue weighted by atomic mass is 9.71. The highest BCUT2D eigenvalue weighted by Crippen LogP contribution is 2.38. The van der Waals surface area contributed by atoms with Gasteiger partial charge < -0.3 is 15.3 Å². The third-order valence-electron chi connectivity index (χ3n) is 7.81. The van der Waals surface area contributed by atoms with Crippen LogP contribution in [0, 0.1) is 11.3 Å². The van der Waals surface area contributed by atoms with E-state index in [0.717, 1.165) is 66.0 Å². The van der Waals surface area contributed by atoms with E-state index in [1.165, 1.54) is 29.0 Å². The van der Waals surface area contributed by atoms with E-state index in [9.17, 15) is 9.90 Å². The van der Waals surface area contributed by atoms with Gasteiger partial charge in [0.2, 0.25) is 0 Å². The molecule has 0 bridgehead atoms. The zero-order chi connectivity index (χ0) is 24.6. The van der Waals surface area contributed by atoms with Crippen molar-refractivity contribution in [2.24, 2.45) is 11.3 Å². The third kappa shape index (κ3) is 5.60. The minimum atomic E-state index is -0.227. The fourth-order valence-electron chi connectivity index (χ4n) is 5.54. The van der Waals surface area contributed by atoms with Gasteiger partial charge in [-0.25, -0.2) is 4.98 Å². The van der Waals surface area contributed by atoms with Crippen LogP contribution < -0.4 is 5.32 Å². The SMILES string of the molecule is CC(C)(C)[C@H]1CCc2nc3sc(C(=O)NC(CCN4CCC(O)C4)c4ccccc4)cc3cc2C1. The Morgan fingerprint density at radius 2 is 2.03 bits per heavy atom. The summed E-state index contributed by atoms with van der Waals surface area (Å²) in [5.74, 6) is 0.632. The van der Waals surface area contributed by atoms with Gasteiger partial charge in [-0.15, -0.1) is 11.3 Å². The van der Waals surface area contributed by atoms with Crippen molar-refractivity contribution in [1.29, 1.82) is 0 Å². The van der Waals surface area contributed by atoms with Crippen LogP contribution in [0.25, 0.3) is 10.2 Å². The molecule has 35 heavy (non-hydrogen) atoms. The molecule has 5 rings (SSSR count). The zero-order valence-corrected chi connectivity index (χ0v) is 21.9.